The SMILES string of the molecule is CCCCNS(=O)(=O)c1cccc(NC(=O)c2ccc(F)cc2Cl)c1. The summed E-state index contributed by atoms with van der Waals surface area (Å²) >= 11 is 5.86. The normalized spacial score (nSPS) is 11.3. The first kappa shape index (κ1) is 19.4. The molecule has 25 heavy (non-hydrogen) atoms. The largest absolute Gasteiger partial charge is 0.322 e. The van der Waals surface area contributed by atoms with E-state index in [9.17, 15) is 17.6 Å². The number of carbonyl (C=O) groups is 1. The Morgan fingerprint density at radius 2 is 1.96 bits per heavy atom. The maximum atomic E-state index is 13.1. The fourth-order valence-electron chi connectivity index (χ4n) is 2.08. The lowest BCUT2D eigenvalue weighted by Gasteiger charge is -2.10. The number of halogens is 2. The number of benzene rings is 2. The Balaban J connectivity index is 2.17. The average Bonchev–Trinajstić information content (AvgIpc) is 2.55. The van der Waals surface area contributed by atoms with E-state index in [1.807, 2.05) is 6.92 Å². The van der Waals surface area contributed by atoms with Gasteiger partial charge in [0.1, 0.15) is 5.82 Å². The van der Waals surface area contributed by atoms with E-state index < -0.39 is 21.7 Å². The van der Waals surface area contributed by atoms with Crippen molar-refractivity contribution in [1.29, 1.82) is 0 Å². The van der Waals surface area contributed by atoms with Crippen molar-refractivity contribution >= 4 is 33.2 Å². The molecule has 0 spiro atoms. The maximum absolute atomic E-state index is 13.1. The molecule has 2 aromatic rings. The molecule has 0 radical (unpaired) electrons. The Hall–Kier alpha value is -1.96. The minimum Gasteiger partial charge on any atom is -0.322 e. The predicted molar refractivity (Wildman–Crippen MR) is 95.9 cm³/mol. The van der Waals surface area contributed by atoms with Crippen LogP contribution in [0.15, 0.2) is 47.4 Å². The molecular weight excluding hydrogens is 367 g/mol. The van der Waals surface area contributed by atoms with E-state index in [1.54, 1.807) is 6.07 Å². The second kappa shape index (κ2) is 8.42. The first-order valence-corrected chi connectivity index (χ1v) is 9.55. The van der Waals surface area contributed by atoms with E-state index in [0.717, 1.165) is 25.0 Å². The zero-order valence-electron chi connectivity index (χ0n) is 13.6. The minimum absolute atomic E-state index is 0.0255. The third kappa shape index (κ3) is 5.26. The Morgan fingerprint density at radius 1 is 1.20 bits per heavy atom. The van der Waals surface area contributed by atoms with Crippen LogP contribution in [0.2, 0.25) is 5.02 Å². The van der Waals surface area contributed by atoms with Crippen LogP contribution in [-0.4, -0.2) is 20.9 Å². The Kier molecular flexibility index (Phi) is 6.52. The molecule has 0 aliphatic heterocycles. The quantitative estimate of drug-likeness (QED) is 0.713. The van der Waals surface area contributed by atoms with Crippen LogP contribution in [0.5, 0.6) is 0 Å². The standard InChI is InChI=1S/C17H18ClFN2O3S/c1-2-3-9-20-25(23,24)14-6-4-5-13(11-14)21-17(22)15-8-7-12(19)10-16(15)18/h4-8,10-11,20H,2-3,9H2,1H3,(H,21,22). The Labute approximate surface area is 151 Å². The molecule has 8 heteroatoms. The summed E-state index contributed by atoms with van der Waals surface area (Å²) in [6.07, 6.45) is 1.61. The van der Waals surface area contributed by atoms with Gasteiger partial charge in [-0.3, -0.25) is 4.79 Å². The second-order valence-electron chi connectivity index (χ2n) is 5.36. The van der Waals surface area contributed by atoms with E-state index in [4.69, 9.17) is 11.6 Å². The van der Waals surface area contributed by atoms with Crippen LogP contribution in [-0.2, 0) is 10.0 Å². The van der Waals surface area contributed by atoms with Crippen molar-refractivity contribution in [3.05, 3.63) is 58.9 Å². The number of hydrogen-bond donors (Lipinski definition) is 2. The van der Waals surface area contributed by atoms with Gasteiger partial charge in [-0.15, -0.1) is 0 Å². The van der Waals surface area contributed by atoms with Crippen molar-refractivity contribution < 1.29 is 17.6 Å². The number of carbonyl (C=O) groups excluding carboxylic acids is 1. The van der Waals surface area contributed by atoms with Crippen molar-refractivity contribution in [1.82, 2.24) is 4.72 Å². The summed E-state index contributed by atoms with van der Waals surface area (Å²) in [5, 5.41) is 2.53. The third-order valence-electron chi connectivity index (χ3n) is 3.40. The van der Waals surface area contributed by atoms with E-state index in [0.29, 0.717) is 12.2 Å². The second-order valence-corrected chi connectivity index (χ2v) is 7.53. The van der Waals surface area contributed by atoms with Crippen LogP contribution in [0.1, 0.15) is 30.1 Å². The van der Waals surface area contributed by atoms with Gasteiger partial charge < -0.3 is 5.32 Å². The summed E-state index contributed by atoms with van der Waals surface area (Å²) in [5.74, 6) is -1.11. The number of amides is 1. The molecule has 2 rings (SSSR count). The van der Waals surface area contributed by atoms with Crippen molar-refractivity contribution in [2.75, 3.05) is 11.9 Å². The zero-order chi connectivity index (χ0) is 18.4. The molecule has 0 heterocycles. The molecule has 0 atom stereocenters. The summed E-state index contributed by atoms with van der Waals surface area (Å²) in [4.78, 5) is 12.3. The first-order valence-electron chi connectivity index (χ1n) is 7.69. The minimum atomic E-state index is -3.65. The van der Waals surface area contributed by atoms with Gasteiger partial charge in [-0.05, 0) is 42.8 Å². The molecule has 1 amide bonds. The molecular formula is C17H18ClFN2O3S. The van der Waals surface area contributed by atoms with Gasteiger partial charge in [-0.2, -0.15) is 0 Å². The molecule has 0 bridgehead atoms. The molecule has 0 unspecified atom stereocenters. The van der Waals surface area contributed by atoms with E-state index in [1.165, 1.54) is 24.3 Å². The Bertz CT molecular complexity index is 872. The molecule has 0 aromatic heterocycles. The van der Waals surface area contributed by atoms with Crippen LogP contribution in [0.3, 0.4) is 0 Å². The highest BCUT2D eigenvalue weighted by Crippen LogP contribution is 2.20. The van der Waals surface area contributed by atoms with Crippen LogP contribution in [0.25, 0.3) is 0 Å². The number of anilines is 1. The van der Waals surface area contributed by atoms with Crippen molar-refractivity contribution in [2.24, 2.45) is 0 Å². The summed E-state index contributed by atoms with van der Waals surface area (Å²) in [5.41, 5.74) is 0.390. The van der Waals surface area contributed by atoms with E-state index >= 15 is 0 Å². The number of unbranched alkanes of at least 4 members (excludes halogenated alkanes) is 1. The predicted octanol–water partition coefficient (Wildman–Crippen LogP) is 3.81. The van der Waals surface area contributed by atoms with Gasteiger partial charge in [0.05, 0.1) is 15.5 Å². The van der Waals surface area contributed by atoms with Crippen molar-refractivity contribution in [3.8, 4) is 0 Å². The number of nitrogens with one attached hydrogen (secondary N) is 2. The molecule has 0 saturated carbocycles. The lowest BCUT2D eigenvalue weighted by Crippen LogP contribution is -2.24. The molecule has 134 valence electrons. The molecule has 0 fully saturated rings. The van der Waals surface area contributed by atoms with Gasteiger partial charge >= 0.3 is 0 Å². The fourth-order valence-corrected chi connectivity index (χ4v) is 3.45. The van der Waals surface area contributed by atoms with Crippen molar-refractivity contribution in [2.45, 2.75) is 24.7 Å². The molecule has 2 N–H and O–H groups in total. The number of rotatable bonds is 7. The van der Waals surface area contributed by atoms with Gasteiger partial charge in [-0.1, -0.05) is 31.0 Å². The number of sulfonamides is 1. The zero-order valence-corrected chi connectivity index (χ0v) is 15.1. The molecule has 0 aliphatic rings. The highest BCUT2D eigenvalue weighted by Gasteiger charge is 2.15. The highest BCUT2D eigenvalue weighted by atomic mass is 35.5. The van der Waals surface area contributed by atoms with Gasteiger partial charge in [0.25, 0.3) is 5.91 Å². The van der Waals surface area contributed by atoms with E-state index in [-0.39, 0.29) is 15.5 Å². The third-order valence-corrected chi connectivity index (χ3v) is 5.17. The molecule has 2 aromatic carbocycles. The summed E-state index contributed by atoms with van der Waals surface area (Å²) in [6.45, 7) is 2.31. The highest BCUT2D eigenvalue weighted by molar-refractivity contribution is 7.89. The lowest BCUT2D eigenvalue weighted by molar-refractivity contribution is 0.102. The monoisotopic (exact) mass is 384 g/mol. The summed E-state index contributed by atoms with van der Waals surface area (Å²) in [7, 11) is -3.65. The molecule has 0 saturated heterocycles. The first-order chi connectivity index (χ1) is 11.8. The van der Waals surface area contributed by atoms with E-state index in [2.05, 4.69) is 10.0 Å². The smallest absolute Gasteiger partial charge is 0.257 e. The van der Waals surface area contributed by atoms with Gasteiger partial charge in [0.2, 0.25) is 10.0 Å². The average molecular weight is 385 g/mol. The van der Waals surface area contributed by atoms with Gasteiger partial charge in [0, 0.05) is 12.2 Å². The summed E-state index contributed by atoms with van der Waals surface area (Å²) in [6, 6.07) is 9.29. The maximum Gasteiger partial charge on any atom is 0.257 e. The van der Waals surface area contributed by atoms with Gasteiger partial charge in [0.15, 0.2) is 0 Å². The molecule has 5 nitrogen and oxygen atoms in total. The topological polar surface area (TPSA) is 75.3 Å². The van der Waals surface area contributed by atoms with Gasteiger partial charge in [-0.25, -0.2) is 17.5 Å². The summed E-state index contributed by atoms with van der Waals surface area (Å²) < 4.78 is 40.0. The van der Waals surface area contributed by atoms with Crippen LogP contribution in [0, 0.1) is 5.82 Å². The van der Waals surface area contributed by atoms with Crippen LogP contribution < -0.4 is 10.0 Å². The fraction of sp³-hybridized carbons (Fsp3) is 0.235. The van der Waals surface area contributed by atoms with Crippen molar-refractivity contribution in [3.63, 3.8) is 0 Å². The number of hydrogen-bond acceptors (Lipinski definition) is 3. The van der Waals surface area contributed by atoms with Crippen LogP contribution in [0.4, 0.5) is 10.1 Å². The lowest BCUT2D eigenvalue weighted by atomic mass is 10.2. The van der Waals surface area contributed by atoms with Crippen LogP contribution >= 0.6 is 11.6 Å². The Morgan fingerprint density at radius 3 is 2.64 bits per heavy atom. The molecule has 0 aliphatic carbocycles.